The first kappa shape index (κ1) is 17.7. The molecule has 0 saturated carbocycles. The molecule has 1 N–H and O–H groups in total. The molecular formula is C19H22N4O4. The minimum Gasteiger partial charge on any atom is -0.497 e. The van der Waals surface area contributed by atoms with Gasteiger partial charge >= 0.3 is 0 Å². The molecule has 2 fully saturated rings. The number of carbonyl (C=O) groups is 1. The normalized spacial score (nSPS) is 18.5. The van der Waals surface area contributed by atoms with Gasteiger partial charge in [-0.15, -0.1) is 0 Å². The molecule has 4 rings (SSSR count). The number of nitrogens with one attached hydrogen (secondary N) is 1. The summed E-state index contributed by atoms with van der Waals surface area (Å²) in [5, 5.41) is 2.84. The molecule has 2 saturated heterocycles. The second-order valence-corrected chi connectivity index (χ2v) is 6.52. The lowest BCUT2D eigenvalue weighted by atomic mass is 10.0. The second-order valence-electron chi connectivity index (χ2n) is 6.52. The molecule has 0 radical (unpaired) electrons. The Balaban J connectivity index is 1.41. The Morgan fingerprint density at radius 1 is 1.15 bits per heavy atom. The van der Waals surface area contributed by atoms with Crippen LogP contribution in [0.5, 0.6) is 5.75 Å². The lowest BCUT2D eigenvalue weighted by molar-refractivity contribution is -0.169. The fourth-order valence-corrected chi connectivity index (χ4v) is 3.33. The van der Waals surface area contributed by atoms with E-state index >= 15 is 0 Å². The van der Waals surface area contributed by atoms with E-state index in [-0.39, 0.29) is 5.91 Å². The van der Waals surface area contributed by atoms with Crippen molar-refractivity contribution < 1.29 is 19.0 Å². The number of piperidine rings is 1. The van der Waals surface area contributed by atoms with Gasteiger partial charge in [0, 0.05) is 37.8 Å². The van der Waals surface area contributed by atoms with Crippen LogP contribution < -0.4 is 15.0 Å². The summed E-state index contributed by atoms with van der Waals surface area (Å²) >= 11 is 0. The van der Waals surface area contributed by atoms with Gasteiger partial charge in [-0.25, -0.2) is 9.97 Å². The van der Waals surface area contributed by atoms with Crippen LogP contribution in [0.1, 0.15) is 23.3 Å². The average Bonchev–Trinajstić information content (AvgIpc) is 3.17. The molecule has 1 aromatic heterocycles. The van der Waals surface area contributed by atoms with Crippen molar-refractivity contribution in [3.63, 3.8) is 0 Å². The van der Waals surface area contributed by atoms with Gasteiger partial charge in [-0.05, 0) is 30.3 Å². The van der Waals surface area contributed by atoms with Gasteiger partial charge in [0.1, 0.15) is 11.4 Å². The zero-order valence-corrected chi connectivity index (χ0v) is 15.2. The van der Waals surface area contributed by atoms with E-state index in [0.717, 1.165) is 31.7 Å². The fourth-order valence-electron chi connectivity index (χ4n) is 3.33. The van der Waals surface area contributed by atoms with E-state index in [1.807, 2.05) is 0 Å². The number of methoxy groups -OCH3 is 1. The van der Waals surface area contributed by atoms with Gasteiger partial charge in [-0.3, -0.25) is 4.79 Å². The molecule has 0 unspecified atom stereocenters. The SMILES string of the molecule is COc1ccc(NC(=O)c2ccnc(N3CCC4(CC3)OCCO4)n2)cc1. The Kier molecular flexibility index (Phi) is 4.91. The third-order valence-electron chi connectivity index (χ3n) is 4.85. The molecule has 2 aliphatic heterocycles. The Morgan fingerprint density at radius 3 is 2.52 bits per heavy atom. The highest BCUT2D eigenvalue weighted by molar-refractivity contribution is 6.03. The van der Waals surface area contributed by atoms with Crippen molar-refractivity contribution in [3.05, 3.63) is 42.2 Å². The fraction of sp³-hybridized carbons (Fsp3) is 0.421. The zero-order valence-electron chi connectivity index (χ0n) is 15.2. The Bertz CT molecular complexity index is 796. The number of ether oxygens (including phenoxy) is 3. The molecule has 8 heteroatoms. The van der Waals surface area contributed by atoms with Crippen LogP contribution in [-0.4, -0.2) is 55.1 Å². The Hall–Kier alpha value is -2.71. The van der Waals surface area contributed by atoms with Crippen molar-refractivity contribution in [1.82, 2.24) is 9.97 Å². The molecule has 3 heterocycles. The van der Waals surface area contributed by atoms with Gasteiger partial charge in [-0.2, -0.15) is 0 Å². The third-order valence-corrected chi connectivity index (χ3v) is 4.85. The topological polar surface area (TPSA) is 85.8 Å². The number of amides is 1. The predicted octanol–water partition coefficient (Wildman–Crippen LogP) is 2.08. The van der Waals surface area contributed by atoms with Crippen LogP contribution in [0, 0.1) is 0 Å². The summed E-state index contributed by atoms with van der Waals surface area (Å²) in [5.74, 6) is 0.556. The third kappa shape index (κ3) is 3.86. The first-order valence-electron chi connectivity index (χ1n) is 8.99. The lowest BCUT2D eigenvalue weighted by Gasteiger charge is -2.37. The number of aromatic nitrogens is 2. The quantitative estimate of drug-likeness (QED) is 0.882. The summed E-state index contributed by atoms with van der Waals surface area (Å²) in [6, 6.07) is 8.75. The van der Waals surface area contributed by atoms with E-state index in [1.165, 1.54) is 0 Å². The second kappa shape index (κ2) is 7.50. The summed E-state index contributed by atoms with van der Waals surface area (Å²) in [6.07, 6.45) is 3.13. The maximum absolute atomic E-state index is 12.5. The Labute approximate surface area is 157 Å². The monoisotopic (exact) mass is 370 g/mol. The van der Waals surface area contributed by atoms with E-state index in [1.54, 1.807) is 43.6 Å². The summed E-state index contributed by atoms with van der Waals surface area (Å²) in [4.78, 5) is 23.3. The van der Waals surface area contributed by atoms with E-state index in [4.69, 9.17) is 14.2 Å². The number of hydrogen-bond donors (Lipinski definition) is 1. The number of anilines is 2. The van der Waals surface area contributed by atoms with Crippen molar-refractivity contribution in [1.29, 1.82) is 0 Å². The zero-order chi connectivity index (χ0) is 18.7. The van der Waals surface area contributed by atoms with Gasteiger partial charge in [0.25, 0.3) is 5.91 Å². The smallest absolute Gasteiger partial charge is 0.274 e. The lowest BCUT2D eigenvalue weighted by Crippen LogP contribution is -2.45. The van der Waals surface area contributed by atoms with Crippen LogP contribution in [0.15, 0.2) is 36.5 Å². The first-order chi connectivity index (χ1) is 13.2. The molecule has 2 aliphatic rings. The highest BCUT2D eigenvalue weighted by Gasteiger charge is 2.40. The van der Waals surface area contributed by atoms with Gasteiger partial charge in [0.05, 0.1) is 20.3 Å². The van der Waals surface area contributed by atoms with Crippen molar-refractivity contribution in [3.8, 4) is 5.75 Å². The van der Waals surface area contributed by atoms with Crippen LogP contribution in [0.25, 0.3) is 0 Å². The number of rotatable bonds is 4. The molecule has 2 aromatic rings. The molecule has 1 amide bonds. The molecule has 8 nitrogen and oxygen atoms in total. The minimum absolute atomic E-state index is 0.278. The molecule has 1 aromatic carbocycles. The van der Waals surface area contributed by atoms with Crippen molar-refractivity contribution >= 4 is 17.5 Å². The van der Waals surface area contributed by atoms with Crippen molar-refractivity contribution in [2.75, 3.05) is 43.6 Å². The number of nitrogens with zero attached hydrogens (tertiary/aromatic N) is 3. The predicted molar refractivity (Wildman–Crippen MR) is 99.1 cm³/mol. The number of benzene rings is 1. The summed E-state index contributed by atoms with van der Waals surface area (Å²) in [5.41, 5.74) is 1.00. The van der Waals surface area contributed by atoms with Crippen LogP contribution >= 0.6 is 0 Å². The number of carbonyl (C=O) groups excluding carboxylic acids is 1. The summed E-state index contributed by atoms with van der Waals surface area (Å²) in [7, 11) is 1.60. The van der Waals surface area contributed by atoms with E-state index in [0.29, 0.717) is 30.5 Å². The highest BCUT2D eigenvalue weighted by atomic mass is 16.7. The van der Waals surface area contributed by atoms with Crippen LogP contribution in [-0.2, 0) is 9.47 Å². The maximum Gasteiger partial charge on any atom is 0.274 e. The number of hydrogen-bond acceptors (Lipinski definition) is 7. The van der Waals surface area contributed by atoms with E-state index < -0.39 is 5.79 Å². The van der Waals surface area contributed by atoms with Crippen LogP contribution in [0.2, 0.25) is 0 Å². The highest BCUT2D eigenvalue weighted by Crippen LogP contribution is 2.32. The minimum atomic E-state index is -0.445. The molecule has 0 aliphatic carbocycles. The van der Waals surface area contributed by atoms with E-state index in [9.17, 15) is 4.79 Å². The summed E-state index contributed by atoms with van der Waals surface area (Å²) in [6.45, 7) is 2.75. The molecule has 0 atom stereocenters. The van der Waals surface area contributed by atoms with Gasteiger partial charge in [0.2, 0.25) is 5.95 Å². The maximum atomic E-state index is 12.5. The Morgan fingerprint density at radius 2 is 1.85 bits per heavy atom. The summed E-state index contributed by atoms with van der Waals surface area (Å²) < 4.78 is 16.6. The van der Waals surface area contributed by atoms with E-state index in [2.05, 4.69) is 20.2 Å². The van der Waals surface area contributed by atoms with Crippen molar-refractivity contribution in [2.45, 2.75) is 18.6 Å². The van der Waals surface area contributed by atoms with Gasteiger partial charge < -0.3 is 24.4 Å². The average molecular weight is 370 g/mol. The largest absolute Gasteiger partial charge is 0.497 e. The van der Waals surface area contributed by atoms with Crippen molar-refractivity contribution in [2.24, 2.45) is 0 Å². The molecule has 0 bridgehead atoms. The standard InChI is InChI=1S/C19H22N4O4/c1-25-15-4-2-14(3-5-15)21-17(24)16-6-9-20-18(22-16)23-10-7-19(8-11-23)26-12-13-27-19/h2-6,9H,7-8,10-13H2,1H3,(H,21,24). The molecule has 27 heavy (non-hydrogen) atoms. The molecule has 142 valence electrons. The molecule has 1 spiro atoms. The van der Waals surface area contributed by atoms with Crippen LogP contribution in [0.4, 0.5) is 11.6 Å². The van der Waals surface area contributed by atoms with Gasteiger partial charge in [-0.1, -0.05) is 0 Å². The van der Waals surface area contributed by atoms with Gasteiger partial charge in [0.15, 0.2) is 5.79 Å². The first-order valence-corrected chi connectivity index (χ1v) is 8.99. The van der Waals surface area contributed by atoms with Crippen LogP contribution in [0.3, 0.4) is 0 Å². The molecular weight excluding hydrogens is 348 g/mol.